The highest BCUT2D eigenvalue weighted by Crippen LogP contribution is 2.57. The first-order chi connectivity index (χ1) is 10.9. The van der Waals surface area contributed by atoms with Gasteiger partial charge >= 0.3 is 0 Å². The molecule has 5 nitrogen and oxygen atoms in total. The molecule has 4 bridgehead atoms. The number of alkyl halides is 1. The summed E-state index contributed by atoms with van der Waals surface area (Å²) in [6.45, 7) is 0.615. The molecule has 5 aliphatic rings. The number of rotatable bonds is 3. The van der Waals surface area contributed by atoms with Gasteiger partial charge in [-0.2, -0.15) is 5.26 Å². The predicted octanol–water partition coefficient (Wildman–Crippen LogP) is 1.74. The smallest absolute Gasteiger partial charge is 0.256 e. The van der Waals surface area contributed by atoms with Crippen molar-refractivity contribution in [1.82, 2.24) is 10.2 Å². The van der Waals surface area contributed by atoms with E-state index in [2.05, 4.69) is 11.4 Å². The lowest BCUT2D eigenvalue weighted by molar-refractivity contribution is -0.148. The van der Waals surface area contributed by atoms with E-state index in [4.69, 9.17) is 16.9 Å². The number of likely N-dealkylation sites (tertiary alicyclic amines) is 1. The minimum Gasteiger partial charge on any atom is -0.390 e. The van der Waals surface area contributed by atoms with E-state index >= 15 is 0 Å². The van der Waals surface area contributed by atoms with Gasteiger partial charge in [-0.1, -0.05) is 11.6 Å². The van der Waals surface area contributed by atoms with Gasteiger partial charge in [0.25, 0.3) is 5.91 Å². The Hall–Kier alpha value is -0.830. The molecule has 1 heterocycles. The average molecular weight is 338 g/mol. The Morgan fingerprint density at radius 3 is 2.65 bits per heavy atom. The molecule has 0 aromatic carbocycles. The summed E-state index contributed by atoms with van der Waals surface area (Å²) in [7, 11) is 0. The number of hydrogen-bond acceptors (Lipinski definition) is 4. The summed E-state index contributed by atoms with van der Waals surface area (Å²) < 4.78 is 0. The molecule has 5 rings (SSSR count). The highest BCUT2D eigenvalue weighted by molar-refractivity contribution is 6.30. The van der Waals surface area contributed by atoms with Gasteiger partial charge in [-0.15, -0.1) is 0 Å². The number of carbonyl (C=O) groups is 1. The third-order valence-electron chi connectivity index (χ3n) is 6.36. The summed E-state index contributed by atoms with van der Waals surface area (Å²) in [5, 5.41) is 23.3. The number of nitriles is 1. The second-order valence-corrected chi connectivity index (χ2v) is 8.73. The molecule has 5 fully saturated rings. The molecule has 4 saturated carbocycles. The maximum atomic E-state index is 12.6. The number of nitrogens with one attached hydrogen (secondary N) is 1. The third-order valence-corrected chi connectivity index (χ3v) is 6.66. The molecule has 0 aromatic heterocycles. The van der Waals surface area contributed by atoms with Crippen LogP contribution in [0.25, 0.3) is 0 Å². The number of carbonyl (C=O) groups excluding carboxylic acids is 1. The minimum atomic E-state index is -0.802. The molecule has 6 atom stereocenters. The van der Waals surface area contributed by atoms with Crippen LogP contribution >= 0.6 is 11.6 Å². The second kappa shape index (κ2) is 5.34. The van der Waals surface area contributed by atoms with E-state index in [-0.39, 0.29) is 17.5 Å². The number of nitrogens with zero attached hydrogens (tertiary/aromatic N) is 2. The number of hydrogen-bond donors (Lipinski definition) is 2. The van der Waals surface area contributed by atoms with Crippen LogP contribution in [0, 0.1) is 23.2 Å². The molecule has 3 unspecified atom stereocenters. The van der Waals surface area contributed by atoms with Crippen LogP contribution < -0.4 is 5.32 Å². The SMILES string of the molecule is N#C[C@@H]1CCCN1C(=O)C(Cl)NC12C[C@@H]3C[C@@H](CC(O)(C3)C1)C2. The summed E-state index contributed by atoms with van der Waals surface area (Å²) in [5.41, 5.74) is -1.58. The normalized spacial score (nSPS) is 46.0. The van der Waals surface area contributed by atoms with Crippen LogP contribution in [0.1, 0.15) is 51.4 Å². The Kier molecular flexibility index (Phi) is 3.64. The zero-order valence-electron chi connectivity index (χ0n) is 13.3. The van der Waals surface area contributed by atoms with Gasteiger partial charge in [0.05, 0.1) is 11.7 Å². The van der Waals surface area contributed by atoms with Crippen molar-refractivity contribution in [1.29, 1.82) is 5.26 Å². The lowest BCUT2D eigenvalue weighted by atomic mass is 9.51. The molecule has 4 aliphatic carbocycles. The molecule has 0 spiro atoms. The lowest BCUT2D eigenvalue weighted by Gasteiger charge is -2.60. The van der Waals surface area contributed by atoms with Crippen LogP contribution in [-0.2, 0) is 4.79 Å². The highest BCUT2D eigenvalue weighted by atomic mass is 35.5. The average Bonchev–Trinajstić information content (AvgIpc) is 2.91. The van der Waals surface area contributed by atoms with Gasteiger partial charge in [-0.25, -0.2) is 0 Å². The van der Waals surface area contributed by atoms with Gasteiger partial charge in [0.15, 0.2) is 5.50 Å². The van der Waals surface area contributed by atoms with Crippen molar-refractivity contribution in [3.8, 4) is 6.07 Å². The minimum absolute atomic E-state index is 0.182. The largest absolute Gasteiger partial charge is 0.390 e. The third kappa shape index (κ3) is 2.65. The Morgan fingerprint density at radius 2 is 2.04 bits per heavy atom. The topological polar surface area (TPSA) is 76.4 Å². The van der Waals surface area contributed by atoms with Gasteiger partial charge in [-0.05, 0) is 63.2 Å². The lowest BCUT2D eigenvalue weighted by Crippen LogP contribution is -2.66. The van der Waals surface area contributed by atoms with Crippen LogP contribution in [-0.4, -0.2) is 45.1 Å². The molecule has 23 heavy (non-hydrogen) atoms. The highest BCUT2D eigenvalue weighted by Gasteiger charge is 2.57. The van der Waals surface area contributed by atoms with Crippen molar-refractivity contribution in [2.24, 2.45) is 11.8 Å². The van der Waals surface area contributed by atoms with Crippen molar-refractivity contribution < 1.29 is 9.90 Å². The molecular weight excluding hydrogens is 314 g/mol. The molecule has 6 heteroatoms. The van der Waals surface area contributed by atoms with Crippen LogP contribution in [0.5, 0.6) is 0 Å². The van der Waals surface area contributed by atoms with E-state index in [9.17, 15) is 9.90 Å². The quantitative estimate of drug-likeness (QED) is 0.607. The summed E-state index contributed by atoms with van der Waals surface area (Å²) in [4.78, 5) is 14.2. The fourth-order valence-electron chi connectivity index (χ4n) is 6.02. The van der Waals surface area contributed by atoms with Crippen LogP contribution in [0.2, 0.25) is 0 Å². The van der Waals surface area contributed by atoms with Crippen molar-refractivity contribution in [2.45, 2.75) is 74.0 Å². The van der Waals surface area contributed by atoms with E-state index in [0.29, 0.717) is 24.8 Å². The second-order valence-electron chi connectivity index (χ2n) is 8.29. The zero-order chi connectivity index (χ0) is 16.2. The van der Waals surface area contributed by atoms with Crippen LogP contribution in [0.4, 0.5) is 0 Å². The zero-order valence-corrected chi connectivity index (χ0v) is 14.1. The van der Waals surface area contributed by atoms with Gasteiger partial charge < -0.3 is 10.0 Å². The maximum Gasteiger partial charge on any atom is 0.256 e. The van der Waals surface area contributed by atoms with E-state index < -0.39 is 11.1 Å². The van der Waals surface area contributed by atoms with Crippen molar-refractivity contribution >= 4 is 17.5 Å². The van der Waals surface area contributed by atoms with E-state index in [1.54, 1.807) is 4.90 Å². The van der Waals surface area contributed by atoms with E-state index in [1.807, 2.05) is 0 Å². The Labute approximate surface area is 142 Å². The van der Waals surface area contributed by atoms with Gasteiger partial charge in [0, 0.05) is 12.1 Å². The number of amides is 1. The maximum absolute atomic E-state index is 12.6. The summed E-state index contributed by atoms with van der Waals surface area (Å²) in [6, 6.07) is 1.85. The van der Waals surface area contributed by atoms with Crippen molar-refractivity contribution in [2.75, 3.05) is 6.54 Å². The van der Waals surface area contributed by atoms with Crippen LogP contribution in [0.3, 0.4) is 0 Å². The predicted molar refractivity (Wildman–Crippen MR) is 85.5 cm³/mol. The number of halogens is 1. The fraction of sp³-hybridized carbons (Fsp3) is 0.882. The first-order valence-electron chi connectivity index (χ1n) is 8.76. The summed E-state index contributed by atoms with van der Waals surface area (Å²) >= 11 is 6.42. The molecular formula is C17H24ClN3O2. The summed E-state index contributed by atoms with van der Waals surface area (Å²) in [5.74, 6) is 0.913. The Morgan fingerprint density at radius 1 is 1.35 bits per heavy atom. The van der Waals surface area contributed by atoms with Gasteiger partial charge in [0.2, 0.25) is 0 Å². The Balaban J connectivity index is 1.47. The monoisotopic (exact) mass is 337 g/mol. The van der Waals surface area contributed by atoms with Crippen LogP contribution in [0.15, 0.2) is 0 Å². The van der Waals surface area contributed by atoms with E-state index in [0.717, 1.165) is 38.5 Å². The molecule has 2 N–H and O–H groups in total. The van der Waals surface area contributed by atoms with Crippen molar-refractivity contribution in [3.63, 3.8) is 0 Å². The van der Waals surface area contributed by atoms with Crippen molar-refractivity contribution in [3.05, 3.63) is 0 Å². The molecule has 1 amide bonds. The summed E-state index contributed by atoms with van der Waals surface area (Å²) in [6.07, 6.45) is 7.31. The molecule has 1 aliphatic heterocycles. The molecule has 126 valence electrons. The van der Waals surface area contributed by atoms with Gasteiger partial charge in [-0.3, -0.25) is 10.1 Å². The van der Waals surface area contributed by atoms with E-state index in [1.165, 1.54) is 6.42 Å². The molecule has 1 saturated heterocycles. The molecule has 0 radical (unpaired) electrons. The molecule has 0 aromatic rings. The first-order valence-corrected chi connectivity index (χ1v) is 9.20. The number of aliphatic hydroxyl groups is 1. The standard InChI is InChI=1S/C17H24ClN3O2/c18-14(15(22)21-3-1-2-13(21)9-19)20-16-5-11-4-12(6-16)8-17(23,7-11)10-16/h11-14,20,23H,1-8,10H2/t11-,12+,13-,14?,16?,17?/m0/s1. The Bertz CT molecular complexity index is 547. The fourth-order valence-corrected chi connectivity index (χ4v) is 6.38. The first kappa shape index (κ1) is 15.7. The van der Waals surface area contributed by atoms with Gasteiger partial charge in [0.1, 0.15) is 6.04 Å².